The first-order valence-electron chi connectivity index (χ1n) is 8.64. The topological polar surface area (TPSA) is 66.5 Å². The molecule has 1 saturated heterocycles. The Morgan fingerprint density at radius 1 is 0.962 bits per heavy atom. The van der Waals surface area contributed by atoms with Crippen molar-refractivity contribution in [3.63, 3.8) is 0 Å². The Kier molecular flexibility index (Phi) is 5.85. The number of nitrogens with zero attached hydrogens (tertiary/aromatic N) is 1. The van der Waals surface area contributed by atoms with Gasteiger partial charge in [0.1, 0.15) is 0 Å². The summed E-state index contributed by atoms with van der Waals surface area (Å²) in [6.07, 6.45) is 2.83. The maximum Gasteiger partial charge on any atom is 0.251 e. The summed E-state index contributed by atoms with van der Waals surface area (Å²) in [4.78, 5) is 12.2. The van der Waals surface area contributed by atoms with Crippen molar-refractivity contribution in [2.45, 2.75) is 18.9 Å². The molecule has 2 aromatic carbocycles. The van der Waals surface area contributed by atoms with Gasteiger partial charge in [-0.15, -0.1) is 0 Å². The monoisotopic (exact) mass is 370 g/mol. The predicted octanol–water partition coefficient (Wildman–Crippen LogP) is 2.88. The fourth-order valence-electron chi connectivity index (χ4n) is 2.93. The van der Waals surface area contributed by atoms with Crippen LogP contribution in [0.5, 0.6) is 0 Å². The third-order valence-electron chi connectivity index (χ3n) is 4.42. The highest BCUT2D eigenvalue weighted by atomic mass is 32.2. The van der Waals surface area contributed by atoms with Crippen LogP contribution in [0.3, 0.4) is 0 Å². The lowest BCUT2D eigenvalue weighted by atomic mass is 10.1. The van der Waals surface area contributed by atoms with Crippen LogP contribution in [0.1, 0.15) is 28.8 Å². The van der Waals surface area contributed by atoms with Gasteiger partial charge in [-0.25, -0.2) is 8.42 Å². The first-order chi connectivity index (χ1) is 12.5. The first-order valence-corrected chi connectivity index (χ1v) is 10.1. The van der Waals surface area contributed by atoms with E-state index in [4.69, 9.17) is 0 Å². The van der Waals surface area contributed by atoms with Crippen LogP contribution in [0.4, 0.5) is 0 Å². The van der Waals surface area contributed by atoms with Crippen molar-refractivity contribution in [3.05, 3.63) is 77.2 Å². The summed E-state index contributed by atoms with van der Waals surface area (Å²) in [6.45, 7) is 0.808. The normalized spacial score (nSPS) is 16.6. The highest BCUT2D eigenvalue weighted by Gasteiger charge is 2.27. The molecule has 1 fully saturated rings. The molecule has 0 spiro atoms. The summed E-state index contributed by atoms with van der Waals surface area (Å²) in [5.74, 6) is -0.115. The molecule has 0 bridgehead atoms. The number of nitrogens with one attached hydrogen (secondary N) is 1. The largest absolute Gasteiger partial charge is 0.349 e. The number of hydrogen-bond donors (Lipinski definition) is 1. The van der Waals surface area contributed by atoms with Gasteiger partial charge in [-0.05, 0) is 36.6 Å². The molecule has 0 saturated carbocycles. The zero-order chi connectivity index (χ0) is 18.4. The standard InChI is InChI=1S/C20H22N2O3S/c23-20(18-9-5-2-6-10-18)21-19-11-14-22(15-12-19)26(24,25)16-13-17-7-3-1-4-8-17/h1-10,13,16,19H,11-12,14-15H2,(H,21,23)/b16-13+. The number of rotatable bonds is 5. The Balaban J connectivity index is 1.54. The van der Waals surface area contributed by atoms with Gasteiger partial charge in [0.05, 0.1) is 0 Å². The van der Waals surface area contributed by atoms with E-state index in [0.29, 0.717) is 31.5 Å². The molecule has 0 aliphatic carbocycles. The van der Waals surface area contributed by atoms with Gasteiger partial charge in [0.15, 0.2) is 0 Å². The molecule has 1 aliphatic heterocycles. The Labute approximate surface area is 154 Å². The third kappa shape index (κ3) is 4.80. The molecule has 136 valence electrons. The Morgan fingerprint density at radius 3 is 2.15 bits per heavy atom. The van der Waals surface area contributed by atoms with Crippen molar-refractivity contribution in [2.24, 2.45) is 0 Å². The van der Waals surface area contributed by atoms with E-state index in [9.17, 15) is 13.2 Å². The van der Waals surface area contributed by atoms with E-state index in [0.717, 1.165) is 5.56 Å². The van der Waals surface area contributed by atoms with E-state index < -0.39 is 10.0 Å². The summed E-state index contributed by atoms with van der Waals surface area (Å²) >= 11 is 0. The summed E-state index contributed by atoms with van der Waals surface area (Å²) in [7, 11) is -3.45. The first kappa shape index (κ1) is 18.4. The minimum Gasteiger partial charge on any atom is -0.349 e. The van der Waals surface area contributed by atoms with Gasteiger partial charge in [-0.1, -0.05) is 48.5 Å². The van der Waals surface area contributed by atoms with Crippen LogP contribution in [0, 0.1) is 0 Å². The lowest BCUT2D eigenvalue weighted by Gasteiger charge is -2.30. The van der Waals surface area contributed by atoms with Crippen LogP contribution >= 0.6 is 0 Å². The molecule has 0 unspecified atom stereocenters. The molecule has 6 heteroatoms. The summed E-state index contributed by atoms with van der Waals surface area (Å²) in [5.41, 5.74) is 1.47. The molecule has 2 aromatic rings. The fraction of sp³-hybridized carbons (Fsp3) is 0.250. The van der Waals surface area contributed by atoms with Crippen LogP contribution in [-0.4, -0.2) is 37.8 Å². The molecule has 1 N–H and O–H groups in total. The number of carbonyl (C=O) groups excluding carboxylic acids is 1. The lowest BCUT2D eigenvalue weighted by molar-refractivity contribution is 0.0924. The van der Waals surface area contributed by atoms with Crippen LogP contribution in [0.25, 0.3) is 6.08 Å². The smallest absolute Gasteiger partial charge is 0.251 e. The molecule has 1 amide bonds. The molecule has 0 aromatic heterocycles. The molecule has 0 atom stereocenters. The number of sulfonamides is 1. The predicted molar refractivity (Wildman–Crippen MR) is 103 cm³/mol. The van der Waals surface area contributed by atoms with Crippen molar-refractivity contribution >= 4 is 22.0 Å². The zero-order valence-electron chi connectivity index (χ0n) is 14.4. The maximum absolute atomic E-state index is 12.5. The Morgan fingerprint density at radius 2 is 1.54 bits per heavy atom. The third-order valence-corrected chi connectivity index (χ3v) is 5.98. The van der Waals surface area contributed by atoms with Crippen molar-refractivity contribution in [2.75, 3.05) is 13.1 Å². The molecule has 1 heterocycles. The van der Waals surface area contributed by atoms with Gasteiger partial charge in [0.25, 0.3) is 5.91 Å². The highest BCUT2D eigenvalue weighted by Crippen LogP contribution is 2.17. The maximum atomic E-state index is 12.5. The van der Waals surface area contributed by atoms with Gasteiger partial charge in [-0.2, -0.15) is 4.31 Å². The van der Waals surface area contributed by atoms with E-state index in [1.54, 1.807) is 18.2 Å². The van der Waals surface area contributed by atoms with E-state index in [1.165, 1.54) is 9.71 Å². The number of benzene rings is 2. The van der Waals surface area contributed by atoms with Crippen molar-refractivity contribution in [3.8, 4) is 0 Å². The minimum atomic E-state index is -3.45. The zero-order valence-corrected chi connectivity index (χ0v) is 15.2. The highest BCUT2D eigenvalue weighted by molar-refractivity contribution is 7.92. The van der Waals surface area contributed by atoms with E-state index in [1.807, 2.05) is 48.5 Å². The van der Waals surface area contributed by atoms with Gasteiger partial charge in [0, 0.05) is 30.1 Å². The second-order valence-corrected chi connectivity index (χ2v) is 8.09. The average Bonchev–Trinajstić information content (AvgIpc) is 2.68. The van der Waals surface area contributed by atoms with Gasteiger partial charge < -0.3 is 5.32 Å². The summed E-state index contributed by atoms with van der Waals surface area (Å²) in [6, 6.07) is 18.4. The molecule has 1 aliphatic rings. The molecule has 5 nitrogen and oxygen atoms in total. The number of hydrogen-bond acceptors (Lipinski definition) is 3. The minimum absolute atomic E-state index is 0.00717. The molecule has 3 rings (SSSR count). The van der Waals surface area contributed by atoms with Crippen LogP contribution in [0.15, 0.2) is 66.1 Å². The molecular weight excluding hydrogens is 348 g/mol. The van der Waals surface area contributed by atoms with E-state index in [-0.39, 0.29) is 11.9 Å². The second-order valence-electron chi connectivity index (χ2n) is 6.27. The number of piperidine rings is 1. The second kappa shape index (κ2) is 8.29. The van der Waals surface area contributed by atoms with Crippen LogP contribution in [-0.2, 0) is 10.0 Å². The number of amides is 1. The fourth-order valence-corrected chi connectivity index (χ4v) is 4.15. The average molecular weight is 370 g/mol. The van der Waals surface area contributed by atoms with E-state index >= 15 is 0 Å². The SMILES string of the molecule is O=C(NC1CCN(S(=O)(=O)/C=C/c2ccccc2)CC1)c1ccccc1. The van der Waals surface area contributed by atoms with Crippen LogP contribution < -0.4 is 5.32 Å². The van der Waals surface area contributed by atoms with Crippen LogP contribution in [0.2, 0.25) is 0 Å². The number of carbonyl (C=O) groups is 1. The van der Waals surface area contributed by atoms with Gasteiger partial charge >= 0.3 is 0 Å². The summed E-state index contributed by atoms with van der Waals surface area (Å²) < 4.78 is 26.4. The summed E-state index contributed by atoms with van der Waals surface area (Å²) in [5, 5.41) is 4.24. The van der Waals surface area contributed by atoms with Gasteiger partial charge in [0.2, 0.25) is 10.0 Å². The van der Waals surface area contributed by atoms with Gasteiger partial charge in [-0.3, -0.25) is 4.79 Å². The van der Waals surface area contributed by atoms with Crippen molar-refractivity contribution in [1.29, 1.82) is 0 Å². The Hall–Kier alpha value is -2.44. The molecule has 0 radical (unpaired) electrons. The Bertz CT molecular complexity index is 856. The van der Waals surface area contributed by atoms with E-state index in [2.05, 4.69) is 5.32 Å². The van der Waals surface area contributed by atoms with Crippen molar-refractivity contribution in [1.82, 2.24) is 9.62 Å². The molecular formula is C20H22N2O3S. The molecule has 26 heavy (non-hydrogen) atoms. The lowest BCUT2D eigenvalue weighted by Crippen LogP contribution is -2.46. The quantitative estimate of drug-likeness (QED) is 0.880. The van der Waals surface area contributed by atoms with Crippen molar-refractivity contribution < 1.29 is 13.2 Å².